The Morgan fingerprint density at radius 1 is 1.40 bits per heavy atom. The molecule has 6 nitrogen and oxygen atoms in total. The first-order chi connectivity index (χ1) is 11.9. The minimum Gasteiger partial charge on any atom is -0.398 e. The maximum atomic E-state index is 13.0. The third-order valence-electron chi connectivity index (χ3n) is 4.92. The second kappa shape index (κ2) is 5.68. The predicted molar refractivity (Wildman–Crippen MR) is 94.0 cm³/mol. The van der Waals surface area contributed by atoms with Gasteiger partial charge in [0.25, 0.3) is 0 Å². The van der Waals surface area contributed by atoms with Crippen LogP contribution in [0.25, 0.3) is 10.8 Å². The van der Waals surface area contributed by atoms with Gasteiger partial charge in [-0.05, 0) is 43.4 Å². The molecule has 2 aliphatic rings. The molecule has 0 radical (unpaired) electrons. The average Bonchev–Trinajstić information content (AvgIpc) is 3.20. The molecular weight excluding hydrogens is 323 g/mol. The van der Waals surface area contributed by atoms with Gasteiger partial charge in [0.15, 0.2) is 0 Å². The van der Waals surface area contributed by atoms with Crippen LogP contribution in [0.4, 0.5) is 21.6 Å². The molecule has 1 saturated heterocycles. The van der Waals surface area contributed by atoms with E-state index in [0.717, 1.165) is 22.9 Å². The predicted octanol–water partition coefficient (Wildman–Crippen LogP) is 2.63. The van der Waals surface area contributed by atoms with Crippen molar-refractivity contribution in [3.63, 3.8) is 0 Å². The first kappa shape index (κ1) is 15.8. The zero-order valence-corrected chi connectivity index (χ0v) is 13.8. The Morgan fingerprint density at radius 2 is 2.16 bits per heavy atom. The highest BCUT2D eigenvalue weighted by Gasteiger charge is 2.43. The lowest BCUT2D eigenvalue weighted by Crippen LogP contribution is -2.30. The van der Waals surface area contributed by atoms with Crippen LogP contribution in [-0.2, 0) is 9.59 Å². The molecule has 2 heterocycles. The van der Waals surface area contributed by atoms with Gasteiger partial charge in [-0.1, -0.05) is 0 Å². The zero-order chi connectivity index (χ0) is 17.7. The fourth-order valence-electron chi connectivity index (χ4n) is 3.36. The van der Waals surface area contributed by atoms with Crippen LogP contribution in [0.2, 0.25) is 0 Å². The van der Waals surface area contributed by atoms with E-state index in [4.69, 9.17) is 5.73 Å². The summed E-state index contributed by atoms with van der Waals surface area (Å²) in [6, 6.07) is 5.48. The van der Waals surface area contributed by atoms with Crippen molar-refractivity contribution >= 4 is 39.8 Å². The van der Waals surface area contributed by atoms with Gasteiger partial charge in [0.2, 0.25) is 11.8 Å². The Morgan fingerprint density at radius 3 is 2.80 bits per heavy atom. The summed E-state index contributed by atoms with van der Waals surface area (Å²) in [5, 5.41) is 4.16. The maximum absolute atomic E-state index is 13.0. The summed E-state index contributed by atoms with van der Waals surface area (Å²) >= 11 is 0. The number of carbonyl (C=O) groups excluding carboxylic acids is 2. The smallest absolute Gasteiger partial charge is 0.231 e. The van der Waals surface area contributed by atoms with Crippen molar-refractivity contribution in [1.29, 1.82) is 0 Å². The van der Waals surface area contributed by atoms with E-state index >= 15 is 0 Å². The number of amides is 2. The first-order valence-electron chi connectivity index (χ1n) is 8.40. The lowest BCUT2D eigenvalue weighted by atomic mass is 10.1. The van der Waals surface area contributed by atoms with Crippen molar-refractivity contribution in [3.8, 4) is 0 Å². The summed E-state index contributed by atoms with van der Waals surface area (Å²) in [5.74, 6) is -0.491. The highest BCUT2D eigenvalue weighted by molar-refractivity contribution is 6.03. The molecule has 1 saturated carbocycles. The molecule has 1 aliphatic carbocycles. The van der Waals surface area contributed by atoms with Crippen LogP contribution in [-0.4, -0.2) is 29.0 Å². The minimum atomic E-state index is -1.05. The van der Waals surface area contributed by atoms with Crippen molar-refractivity contribution < 1.29 is 14.0 Å². The molecule has 2 aromatic rings. The van der Waals surface area contributed by atoms with Gasteiger partial charge in [0, 0.05) is 35.4 Å². The number of rotatable bonds is 3. The number of nitrogens with zero attached hydrogens (tertiary/aromatic N) is 2. The molecule has 1 unspecified atom stereocenters. The number of hydrogen-bond acceptors (Lipinski definition) is 4. The van der Waals surface area contributed by atoms with Crippen molar-refractivity contribution in [2.75, 3.05) is 16.0 Å². The summed E-state index contributed by atoms with van der Waals surface area (Å²) in [7, 11) is 0. The highest BCUT2D eigenvalue weighted by atomic mass is 19.1. The molecule has 3 N–H and O–H groups in total. The van der Waals surface area contributed by atoms with E-state index in [1.54, 1.807) is 23.2 Å². The van der Waals surface area contributed by atoms with E-state index < -0.39 is 12.1 Å². The normalized spacial score (nSPS) is 25.4. The zero-order valence-electron chi connectivity index (χ0n) is 13.8. The molecule has 0 bridgehead atoms. The molecule has 7 heteroatoms. The molecule has 3 atom stereocenters. The van der Waals surface area contributed by atoms with Crippen molar-refractivity contribution in [1.82, 2.24) is 4.98 Å². The van der Waals surface area contributed by atoms with E-state index in [9.17, 15) is 14.0 Å². The lowest BCUT2D eigenvalue weighted by molar-refractivity contribution is -0.118. The summed E-state index contributed by atoms with van der Waals surface area (Å²) < 4.78 is 13.0. The standard InChI is InChI=1S/C18H19FN4O2/c1-9-2-3-17(24)23(9)11-4-10-5-16(21-8-13(10)15(20)6-11)22-18(25)12-7-14(12)19/h4-6,8-9,12,14H,2-3,7,20H2,1H3,(H,21,22,25)/t9?,12-,14+/m1/s1. The molecule has 2 amide bonds. The number of aromatic nitrogens is 1. The second-order valence-electron chi connectivity index (χ2n) is 6.82. The number of pyridine rings is 1. The van der Waals surface area contributed by atoms with E-state index in [1.165, 1.54) is 0 Å². The van der Waals surface area contributed by atoms with Gasteiger partial charge in [0.1, 0.15) is 12.0 Å². The van der Waals surface area contributed by atoms with Crippen LogP contribution >= 0.6 is 0 Å². The second-order valence-corrected chi connectivity index (χ2v) is 6.82. The monoisotopic (exact) mass is 342 g/mol. The lowest BCUT2D eigenvalue weighted by Gasteiger charge is -2.22. The number of anilines is 3. The Labute approximate surface area is 144 Å². The van der Waals surface area contributed by atoms with Gasteiger partial charge in [-0.25, -0.2) is 9.37 Å². The third-order valence-corrected chi connectivity index (χ3v) is 4.92. The van der Waals surface area contributed by atoms with Gasteiger partial charge in [0.05, 0.1) is 5.92 Å². The number of benzene rings is 1. The van der Waals surface area contributed by atoms with E-state index in [0.29, 0.717) is 17.9 Å². The molecule has 1 aromatic carbocycles. The molecule has 2 fully saturated rings. The van der Waals surface area contributed by atoms with Crippen LogP contribution in [0, 0.1) is 5.92 Å². The number of halogens is 1. The Hall–Kier alpha value is -2.70. The molecular formula is C18H19FN4O2. The van der Waals surface area contributed by atoms with E-state index in [-0.39, 0.29) is 24.3 Å². The number of alkyl halides is 1. The summed E-state index contributed by atoms with van der Waals surface area (Å²) in [5.41, 5.74) is 7.40. The fourth-order valence-corrected chi connectivity index (χ4v) is 3.36. The molecule has 0 spiro atoms. The van der Waals surface area contributed by atoms with Crippen LogP contribution in [0.1, 0.15) is 26.2 Å². The molecule has 1 aromatic heterocycles. The number of nitrogens with one attached hydrogen (secondary N) is 1. The number of carbonyl (C=O) groups is 2. The van der Waals surface area contributed by atoms with Crippen LogP contribution < -0.4 is 16.0 Å². The average molecular weight is 342 g/mol. The number of nitrogens with two attached hydrogens (primary N) is 1. The van der Waals surface area contributed by atoms with Crippen LogP contribution in [0.3, 0.4) is 0 Å². The topological polar surface area (TPSA) is 88.3 Å². The molecule has 4 rings (SSSR count). The van der Waals surface area contributed by atoms with Crippen molar-refractivity contribution in [2.24, 2.45) is 5.92 Å². The van der Waals surface area contributed by atoms with Crippen LogP contribution in [0.5, 0.6) is 0 Å². The highest BCUT2D eigenvalue weighted by Crippen LogP contribution is 2.36. The van der Waals surface area contributed by atoms with E-state index in [2.05, 4.69) is 10.3 Å². The van der Waals surface area contributed by atoms with Gasteiger partial charge in [-0.15, -0.1) is 0 Å². The van der Waals surface area contributed by atoms with Crippen molar-refractivity contribution in [3.05, 3.63) is 24.4 Å². The van der Waals surface area contributed by atoms with Gasteiger partial charge < -0.3 is 16.0 Å². The minimum absolute atomic E-state index is 0.0801. The summed E-state index contributed by atoms with van der Waals surface area (Å²) in [6.45, 7) is 2.01. The fraction of sp³-hybridized carbons (Fsp3) is 0.389. The van der Waals surface area contributed by atoms with Crippen LogP contribution in [0.15, 0.2) is 24.4 Å². The number of fused-ring (bicyclic) bond motifs is 1. The summed E-state index contributed by atoms with van der Waals surface area (Å²) in [6.07, 6.45) is 2.15. The quantitative estimate of drug-likeness (QED) is 0.839. The largest absolute Gasteiger partial charge is 0.398 e. The number of hydrogen-bond donors (Lipinski definition) is 2. The first-order valence-corrected chi connectivity index (χ1v) is 8.40. The SMILES string of the molecule is CC1CCC(=O)N1c1cc(N)c2cnc(NC(=O)[C@@H]3C[C@@H]3F)cc2c1. The summed E-state index contributed by atoms with van der Waals surface area (Å²) in [4.78, 5) is 30.0. The van der Waals surface area contributed by atoms with Gasteiger partial charge in [-0.2, -0.15) is 0 Å². The maximum Gasteiger partial charge on any atom is 0.231 e. The third kappa shape index (κ3) is 2.79. The Balaban J connectivity index is 1.68. The molecule has 130 valence electrons. The number of nitrogen functional groups attached to an aromatic ring is 1. The Bertz CT molecular complexity index is 885. The van der Waals surface area contributed by atoms with Crippen molar-refractivity contribution in [2.45, 2.75) is 38.4 Å². The van der Waals surface area contributed by atoms with Gasteiger partial charge in [-0.3, -0.25) is 9.59 Å². The molecule has 25 heavy (non-hydrogen) atoms. The molecule has 1 aliphatic heterocycles. The Kier molecular flexibility index (Phi) is 3.59. The van der Waals surface area contributed by atoms with Gasteiger partial charge >= 0.3 is 0 Å². The van der Waals surface area contributed by atoms with E-state index in [1.807, 2.05) is 13.0 Å².